The first-order valence-corrected chi connectivity index (χ1v) is 12.7. The first-order valence-electron chi connectivity index (χ1n) is 11.8. The van der Waals surface area contributed by atoms with E-state index in [-0.39, 0.29) is 6.10 Å². The van der Waals surface area contributed by atoms with Crippen LogP contribution < -0.4 is 9.47 Å². The van der Waals surface area contributed by atoms with Crippen LogP contribution in [0.25, 0.3) is 10.8 Å². The summed E-state index contributed by atoms with van der Waals surface area (Å²) < 4.78 is 12.2. The highest BCUT2D eigenvalue weighted by atomic mass is 35.5. The Morgan fingerprint density at radius 1 is 0.867 bits per heavy atom. The lowest BCUT2D eigenvalue weighted by atomic mass is 10.1. The summed E-state index contributed by atoms with van der Waals surface area (Å²) in [6.07, 6.45) is 13.2. The molecule has 0 heterocycles. The van der Waals surface area contributed by atoms with Crippen LogP contribution in [0, 0.1) is 0 Å². The highest BCUT2D eigenvalue weighted by molar-refractivity contribution is 6.37. The Morgan fingerprint density at radius 2 is 1.63 bits per heavy atom. The van der Waals surface area contributed by atoms with Crippen LogP contribution in [-0.4, -0.2) is 18.6 Å². The Morgan fingerprint density at radius 3 is 2.37 bits per heavy atom. The van der Waals surface area contributed by atoms with Gasteiger partial charge in [-0.25, -0.2) is 0 Å². The van der Waals surface area contributed by atoms with Gasteiger partial charge in [0.2, 0.25) is 0 Å². The monoisotopic (exact) mass is 452 g/mol. The molecule has 0 saturated carbocycles. The van der Waals surface area contributed by atoms with E-state index in [0.717, 1.165) is 53.8 Å². The number of halogens is 2. The van der Waals surface area contributed by atoms with Crippen molar-refractivity contribution in [2.24, 2.45) is 0 Å². The molecule has 0 N–H and O–H groups in total. The maximum absolute atomic E-state index is 6.63. The fraction of sp³-hybridized carbons (Fsp3) is 0.615. The second kappa shape index (κ2) is 14.8. The highest BCUT2D eigenvalue weighted by Gasteiger charge is 2.11. The molecule has 0 spiro atoms. The fourth-order valence-corrected chi connectivity index (χ4v) is 4.16. The number of benzene rings is 2. The van der Waals surface area contributed by atoms with Crippen LogP contribution in [0.1, 0.15) is 84.5 Å². The number of ether oxygens (including phenoxy) is 2. The van der Waals surface area contributed by atoms with Gasteiger partial charge in [-0.15, -0.1) is 11.6 Å². The highest BCUT2D eigenvalue weighted by Crippen LogP contribution is 2.35. The van der Waals surface area contributed by atoms with Crippen molar-refractivity contribution in [2.75, 3.05) is 12.5 Å². The average Bonchev–Trinajstić information content (AvgIpc) is 2.76. The molecule has 2 nitrogen and oxygen atoms in total. The van der Waals surface area contributed by atoms with Gasteiger partial charge in [-0.05, 0) is 61.8 Å². The summed E-state index contributed by atoms with van der Waals surface area (Å²) in [4.78, 5) is 0. The molecule has 0 aromatic heterocycles. The van der Waals surface area contributed by atoms with Crippen molar-refractivity contribution in [3.63, 3.8) is 0 Å². The van der Waals surface area contributed by atoms with Gasteiger partial charge in [0.1, 0.15) is 11.5 Å². The van der Waals surface area contributed by atoms with Crippen molar-refractivity contribution in [2.45, 2.75) is 90.6 Å². The zero-order valence-corrected chi connectivity index (χ0v) is 20.2. The SMILES string of the molecule is CCCCCC(CC)Oc1ccc2c(Cl)c(OCCCCCCCCCl)ccc2c1. The Bertz CT molecular complexity index is 732. The van der Waals surface area contributed by atoms with Crippen LogP contribution in [0.2, 0.25) is 5.02 Å². The lowest BCUT2D eigenvalue weighted by Gasteiger charge is -2.18. The Balaban J connectivity index is 1.87. The number of unbranched alkanes of at least 4 members (excludes halogenated alkanes) is 7. The largest absolute Gasteiger partial charge is 0.492 e. The molecular formula is C26H38Cl2O2. The predicted octanol–water partition coefficient (Wildman–Crippen LogP) is 9.19. The van der Waals surface area contributed by atoms with Crippen molar-refractivity contribution in [3.05, 3.63) is 35.4 Å². The predicted molar refractivity (Wildman–Crippen MR) is 132 cm³/mol. The molecule has 0 bridgehead atoms. The van der Waals surface area contributed by atoms with E-state index in [1.54, 1.807) is 0 Å². The van der Waals surface area contributed by atoms with Crippen molar-refractivity contribution in [1.29, 1.82) is 0 Å². The van der Waals surface area contributed by atoms with Gasteiger partial charge in [0.15, 0.2) is 0 Å². The Labute approximate surface area is 193 Å². The summed E-state index contributed by atoms with van der Waals surface area (Å²) >= 11 is 12.3. The molecule has 0 amide bonds. The lowest BCUT2D eigenvalue weighted by Crippen LogP contribution is -2.15. The van der Waals surface area contributed by atoms with E-state index in [4.69, 9.17) is 32.7 Å². The molecule has 4 heteroatoms. The van der Waals surface area contributed by atoms with Gasteiger partial charge >= 0.3 is 0 Å². The second-order valence-corrected chi connectivity index (χ2v) is 8.82. The summed E-state index contributed by atoms with van der Waals surface area (Å²) in [6, 6.07) is 10.2. The van der Waals surface area contributed by atoms with Crippen molar-refractivity contribution in [3.8, 4) is 11.5 Å². The van der Waals surface area contributed by atoms with E-state index in [9.17, 15) is 0 Å². The van der Waals surface area contributed by atoms with Gasteiger partial charge in [0.25, 0.3) is 0 Å². The summed E-state index contributed by atoms with van der Waals surface area (Å²) in [5.74, 6) is 2.46. The third-order valence-electron chi connectivity index (χ3n) is 5.56. The maximum atomic E-state index is 6.63. The molecule has 30 heavy (non-hydrogen) atoms. The summed E-state index contributed by atoms with van der Waals surface area (Å²) in [5.41, 5.74) is 0. The van der Waals surface area contributed by atoms with Gasteiger partial charge in [-0.2, -0.15) is 0 Å². The molecule has 168 valence electrons. The van der Waals surface area contributed by atoms with Crippen molar-refractivity contribution < 1.29 is 9.47 Å². The summed E-state index contributed by atoms with van der Waals surface area (Å²) in [6.45, 7) is 5.13. The van der Waals surface area contributed by atoms with Gasteiger partial charge in [-0.1, -0.05) is 70.0 Å². The van der Waals surface area contributed by atoms with E-state index in [1.165, 1.54) is 44.9 Å². The minimum absolute atomic E-state index is 0.280. The third-order valence-corrected chi connectivity index (χ3v) is 6.22. The minimum Gasteiger partial charge on any atom is -0.492 e. The molecule has 1 unspecified atom stereocenters. The molecular weight excluding hydrogens is 415 g/mol. The number of fused-ring (bicyclic) bond motifs is 1. The lowest BCUT2D eigenvalue weighted by molar-refractivity contribution is 0.183. The van der Waals surface area contributed by atoms with Crippen LogP contribution in [-0.2, 0) is 0 Å². The van der Waals surface area contributed by atoms with E-state index < -0.39 is 0 Å². The van der Waals surface area contributed by atoms with Crippen LogP contribution in [0.15, 0.2) is 30.3 Å². The van der Waals surface area contributed by atoms with Crippen LogP contribution in [0.3, 0.4) is 0 Å². The standard InChI is InChI=1S/C26H38Cl2O2/c1-3-5-10-13-22(4-2)30-23-15-16-24-21(20-23)14-17-25(26(24)28)29-19-12-9-7-6-8-11-18-27/h14-17,20,22H,3-13,18-19H2,1-2H3. The number of hydrogen-bond acceptors (Lipinski definition) is 2. The Kier molecular flexibility index (Phi) is 12.4. The average molecular weight is 453 g/mol. The topological polar surface area (TPSA) is 18.5 Å². The molecule has 0 aliphatic carbocycles. The van der Waals surface area contributed by atoms with E-state index in [2.05, 4.69) is 32.0 Å². The van der Waals surface area contributed by atoms with Gasteiger partial charge in [0, 0.05) is 11.3 Å². The smallest absolute Gasteiger partial charge is 0.138 e. The minimum atomic E-state index is 0.280. The van der Waals surface area contributed by atoms with Crippen LogP contribution in [0.4, 0.5) is 0 Å². The summed E-state index contributed by atoms with van der Waals surface area (Å²) in [7, 11) is 0. The third kappa shape index (κ3) is 8.55. The Hall–Kier alpha value is -1.12. The van der Waals surface area contributed by atoms with Gasteiger partial charge in [0.05, 0.1) is 17.7 Å². The molecule has 0 aliphatic heterocycles. The number of rotatable bonds is 16. The zero-order chi connectivity index (χ0) is 21.6. The maximum Gasteiger partial charge on any atom is 0.138 e. The first kappa shape index (κ1) is 25.1. The van der Waals surface area contributed by atoms with E-state index >= 15 is 0 Å². The zero-order valence-electron chi connectivity index (χ0n) is 18.7. The molecule has 2 rings (SSSR count). The molecule has 0 saturated heterocycles. The van der Waals surface area contributed by atoms with E-state index in [0.29, 0.717) is 11.6 Å². The quantitative estimate of drug-likeness (QED) is 0.186. The van der Waals surface area contributed by atoms with Gasteiger partial charge in [-0.3, -0.25) is 0 Å². The number of hydrogen-bond donors (Lipinski definition) is 0. The number of alkyl halides is 1. The second-order valence-electron chi connectivity index (χ2n) is 8.06. The molecule has 2 aromatic carbocycles. The van der Waals surface area contributed by atoms with Crippen LogP contribution >= 0.6 is 23.2 Å². The molecule has 2 aromatic rings. The van der Waals surface area contributed by atoms with Crippen molar-refractivity contribution in [1.82, 2.24) is 0 Å². The van der Waals surface area contributed by atoms with Crippen LogP contribution in [0.5, 0.6) is 11.5 Å². The normalized spacial score (nSPS) is 12.3. The molecule has 0 aliphatic rings. The first-order chi connectivity index (χ1) is 14.7. The summed E-state index contributed by atoms with van der Waals surface area (Å²) in [5, 5.41) is 2.80. The van der Waals surface area contributed by atoms with Crippen molar-refractivity contribution >= 4 is 34.0 Å². The molecule has 1 atom stereocenters. The van der Waals surface area contributed by atoms with E-state index in [1.807, 2.05) is 12.1 Å². The fourth-order valence-electron chi connectivity index (χ4n) is 3.68. The molecule has 0 fully saturated rings. The molecule has 0 radical (unpaired) electrons. The van der Waals surface area contributed by atoms with Gasteiger partial charge < -0.3 is 9.47 Å².